The van der Waals surface area contributed by atoms with Gasteiger partial charge in [-0.25, -0.2) is 4.98 Å². The molecule has 0 aliphatic heterocycles. The molecule has 0 saturated heterocycles. The predicted octanol–water partition coefficient (Wildman–Crippen LogP) is 4.12. The second-order valence-corrected chi connectivity index (χ2v) is 7.19. The van der Waals surface area contributed by atoms with Gasteiger partial charge in [0.2, 0.25) is 5.91 Å². The van der Waals surface area contributed by atoms with E-state index in [2.05, 4.69) is 10.3 Å². The number of ether oxygens (including phenoxy) is 1. The normalized spacial score (nSPS) is 20.0. The quantitative estimate of drug-likeness (QED) is 0.778. The van der Waals surface area contributed by atoms with E-state index < -0.39 is 12.8 Å². The smallest absolute Gasteiger partial charge is 0.422 e. The fourth-order valence-electron chi connectivity index (χ4n) is 2.94. The van der Waals surface area contributed by atoms with Gasteiger partial charge in [-0.3, -0.25) is 4.79 Å². The van der Waals surface area contributed by atoms with Crippen molar-refractivity contribution in [1.82, 2.24) is 4.98 Å². The van der Waals surface area contributed by atoms with E-state index in [1.165, 1.54) is 23.5 Å². The predicted molar refractivity (Wildman–Crippen MR) is 97.0 cm³/mol. The Morgan fingerprint density at radius 3 is 2.81 bits per heavy atom. The summed E-state index contributed by atoms with van der Waals surface area (Å²) >= 11 is 1.20. The van der Waals surface area contributed by atoms with Crippen molar-refractivity contribution in [2.75, 3.05) is 11.9 Å². The molecule has 3 rings (SSSR count). The van der Waals surface area contributed by atoms with E-state index in [0.29, 0.717) is 21.8 Å². The molecule has 10 heteroatoms. The van der Waals surface area contributed by atoms with E-state index in [0.717, 1.165) is 19.3 Å². The highest BCUT2D eigenvalue weighted by molar-refractivity contribution is 7.22. The number of nitrogens with zero attached hydrogens (tertiary/aromatic N) is 1. The molecule has 1 aliphatic rings. The number of fused-ring (bicyclic) bond motifs is 1. The number of carbonyl (C=O) groups is 1. The number of aromatic nitrogens is 1. The molecule has 0 unspecified atom stereocenters. The number of rotatable bonds is 5. The first-order valence-electron chi connectivity index (χ1n) is 7.96. The van der Waals surface area contributed by atoms with Crippen LogP contribution in [0.25, 0.3) is 10.2 Å². The Hall–Kier alpha value is -1.58. The number of thiazole rings is 1. The van der Waals surface area contributed by atoms with Crippen LogP contribution >= 0.6 is 23.7 Å². The Balaban J connectivity index is 0.00000243. The highest BCUT2D eigenvalue weighted by Gasteiger charge is 2.28. The highest BCUT2D eigenvalue weighted by Crippen LogP contribution is 2.31. The fraction of sp³-hybridized carbons (Fsp3) is 0.500. The zero-order valence-corrected chi connectivity index (χ0v) is 15.3. The summed E-state index contributed by atoms with van der Waals surface area (Å²) in [7, 11) is 0. The van der Waals surface area contributed by atoms with Gasteiger partial charge in [0.15, 0.2) is 11.7 Å². The van der Waals surface area contributed by atoms with Crippen molar-refractivity contribution in [3.05, 3.63) is 18.2 Å². The number of alkyl halides is 3. The summed E-state index contributed by atoms with van der Waals surface area (Å²) in [5, 5.41) is 3.16. The summed E-state index contributed by atoms with van der Waals surface area (Å²) in [6.07, 6.45) is -1.09. The molecule has 1 aliphatic carbocycles. The van der Waals surface area contributed by atoms with Crippen LogP contribution in [0.2, 0.25) is 0 Å². The number of amides is 1. The number of hydrogen-bond donors (Lipinski definition) is 2. The van der Waals surface area contributed by atoms with Crippen molar-refractivity contribution in [3.8, 4) is 5.75 Å². The van der Waals surface area contributed by atoms with Crippen molar-refractivity contribution in [1.29, 1.82) is 0 Å². The first-order chi connectivity index (χ1) is 11.8. The average Bonchev–Trinajstić information content (AvgIpc) is 3.10. The van der Waals surface area contributed by atoms with E-state index in [-0.39, 0.29) is 36.0 Å². The second kappa shape index (κ2) is 8.41. The molecule has 144 valence electrons. The van der Waals surface area contributed by atoms with Crippen LogP contribution in [-0.2, 0) is 4.79 Å². The Labute approximate surface area is 158 Å². The Morgan fingerprint density at radius 2 is 2.15 bits per heavy atom. The summed E-state index contributed by atoms with van der Waals surface area (Å²) in [5.41, 5.74) is 6.57. The minimum Gasteiger partial charge on any atom is -0.484 e. The molecular weight excluding hydrogens is 391 g/mol. The van der Waals surface area contributed by atoms with Crippen LogP contribution in [0.5, 0.6) is 5.75 Å². The van der Waals surface area contributed by atoms with Gasteiger partial charge in [-0.05, 0) is 37.0 Å². The van der Waals surface area contributed by atoms with E-state index in [1.54, 1.807) is 6.07 Å². The van der Waals surface area contributed by atoms with Crippen LogP contribution in [0.3, 0.4) is 0 Å². The molecule has 2 aromatic rings. The van der Waals surface area contributed by atoms with E-state index in [4.69, 9.17) is 10.5 Å². The SMILES string of the molecule is Cl.N[C@@H]1CCC[C@H]1CC(=O)Nc1nc2ccc(OCC(F)(F)F)cc2s1. The van der Waals surface area contributed by atoms with Gasteiger partial charge >= 0.3 is 6.18 Å². The first kappa shape index (κ1) is 20.7. The van der Waals surface area contributed by atoms with Crippen LogP contribution in [0.15, 0.2) is 18.2 Å². The van der Waals surface area contributed by atoms with Gasteiger partial charge in [-0.2, -0.15) is 13.2 Å². The maximum atomic E-state index is 12.2. The van der Waals surface area contributed by atoms with Crippen LogP contribution in [0.1, 0.15) is 25.7 Å². The molecule has 1 aromatic heterocycles. The van der Waals surface area contributed by atoms with Gasteiger partial charge in [-0.15, -0.1) is 12.4 Å². The second-order valence-electron chi connectivity index (χ2n) is 6.16. The molecule has 1 amide bonds. The van der Waals surface area contributed by atoms with E-state index in [9.17, 15) is 18.0 Å². The molecule has 1 aromatic carbocycles. The lowest BCUT2D eigenvalue weighted by atomic mass is 10.00. The lowest BCUT2D eigenvalue weighted by Gasteiger charge is -2.13. The number of hydrogen-bond acceptors (Lipinski definition) is 5. The van der Waals surface area contributed by atoms with E-state index >= 15 is 0 Å². The molecule has 0 radical (unpaired) electrons. The van der Waals surface area contributed by atoms with Crippen molar-refractivity contribution in [2.24, 2.45) is 11.7 Å². The minimum absolute atomic E-state index is 0. The van der Waals surface area contributed by atoms with Crippen molar-refractivity contribution >= 4 is 45.0 Å². The van der Waals surface area contributed by atoms with Gasteiger partial charge < -0.3 is 15.8 Å². The van der Waals surface area contributed by atoms with Crippen LogP contribution in [0.4, 0.5) is 18.3 Å². The monoisotopic (exact) mass is 409 g/mol. The fourth-order valence-corrected chi connectivity index (χ4v) is 3.85. The Bertz CT molecular complexity index is 769. The third-order valence-electron chi connectivity index (χ3n) is 4.17. The summed E-state index contributed by atoms with van der Waals surface area (Å²) in [4.78, 5) is 16.4. The van der Waals surface area contributed by atoms with Crippen molar-refractivity contribution in [2.45, 2.75) is 37.9 Å². The summed E-state index contributed by atoms with van der Waals surface area (Å²) < 4.78 is 42.0. The maximum Gasteiger partial charge on any atom is 0.422 e. The molecule has 0 bridgehead atoms. The van der Waals surface area contributed by atoms with Gasteiger partial charge in [-0.1, -0.05) is 17.8 Å². The van der Waals surface area contributed by atoms with Crippen molar-refractivity contribution in [3.63, 3.8) is 0 Å². The maximum absolute atomic E-state index is 12.2. The van der Waals surface area contributed by atoms with Gasteiger partial charge in [0, 0.05) is 12.5 Å². The topological polar surface area (TPSA) is 77.2 Å². The number of halogens is 4. The first-order valence-corrected chi connectivity index (χ1v) is 8.77. The minimum atomic E-state index is -4.39. The van der Waals surface area contributed by atoms with Crippen LogP contribution in [0, 0.1) is 5.92 Å². The number of carbonyl (C=O) groups excluding carboxylic acids is 1. The molecule has 3 N–H and O–H groups in total. The lowest BCUT2D eigenvalue weighted by Crippen LogP contribution is -2.28. The third-order valence-corrected chi connectivity index (χ3v) is 5.11. The van der Waals surface area contributed by atoms with Crippen molar-refractivity contribution < 1.29 is 22.7 Å². The average molecular weight is 410 g/mol. The Morgan fingerprint density at radius 1 is 1.38 bits per heavy atom. The summed E-state index contributed by atoms with van der Waals surface area (Å²) in [5.74, 6) is 0.162. The van der Waals surface area contributed by atoms with Gasteiger partial charge in [0.25, 0.3) is 0 Å². The van der Waals surface area contributed by atoms with Gasteiger partial charge in [0.05, 0.1) is 10.2 Å². The Kier molecular flexibility index (Phi) is 6.70. The summed E-state index contributed by atoms with van der Waals surface area (Å²) in [6, 6.07) is 4.55. The molecule has 1 saturated carbocycles. The molecule has 1 heterocycles. The number of benzene rings is 1. The lowest BCUT2D eigenvalue weighted by molar-refractivity contribution is -0.153. The standard InChI is InChI=1S/C16H18F3N3O2S.ClH/c17-16(18,19)8-24-10-4-5-12-13(7-10)25-15(21-12)22-14(23)6-9-2-1-3-11(9)20;/h4-5,7,9,11H,1-3,6,8,20H2,(H,21,22,23);1H/t9-,11+;/m0./s1. The number of anilines is 1. The highest BCUT2D eigenvalue weighted by atomic mass is 35.5. The number of nitrogens with one attached hydrogen (secondary N) is 1. The summed E-state index contributed by atoms with van der Waals surface area (Å²) in [6.45, 7) is -1.34. The molecular formula is C16H19ClF3N3O2S. The third kappa shape index (κ3) is 5.46. The molecule has 1 fully saturated rings. The molecule has 0 spiro atoms. The number of nitrogens with two attached hydrogens (primary N) is 1. The molecule has 2 atom stereocenters. The zero-order valence-electron chi connectivity index (χ0n) is 13.7. The largest absolute Gasteiger partial charge is 0.484 e. The molecule has 26 heavy (non-hydrogen) atoms. The van der Waals surface area contributed by atoms with Crippen LogP contribution < -0.4 is 15.8 Å². The van der Waals surface area contributed by atoms with Crippen LogP contribution in [-0.4, -0.2) is 29.7 Å². The molecule has 5 nitrogen and oxygen atoms in total. The van der Waals surface area contributed by atoms with E-state index in [1.807, 2.05) is 0 Å². The van der Waals surface area contributed by atoms with Gasteiger partial charge in [0.1, 0.15) is 5.75 Å². The zero-order chi connectivity index (χ0) is 18.0.